The minimum absolute atomic E-state index is 0. The third kappa shape index (κ3) is 9.62. The van der Waals surface area contributed by atoms with E-state index < -0.39 is 0 Å². The van der Waals surface area contributed by atoms with Gasteiger partial charge in [0.15, 0.2) is 0 Å². The molecule has 7 nitrogen and oxygen atoms in total. The Morgan fingerprint density at radius 2 is 1.34 bits per heavy atom. The van der Waals surface area contributed by atoms with Crippen molar-refractivity contribution in [2.45, 2.75) is 26.7 Å². The molecule has 8 heteroatoms. The maximum absolute atomic E-state index is 5.73. The minimum atomic E-state index is 0. The normalized spacial score (nSPS) is 11.4. The Labute approximate surface area is 178 Å². The number of guanidine groups is 1. The molecular weight excluding hydrogens is 390 g/mol. The molecular formula is C21H28ClN5O2. The summed E-state index contributed by atoms with van der Waals surface area (Å²) in [6, 6.07) is 15.2. The van der Waals surface area contributed by atoms with Gasteiger partial charge in [-0.1, -0.05) is 13.8 Å². The second-order valence-corrected chi connectivity index (χ2v) is 5.93. The number of hydrogen-bond acceptors (Lipinski definition) is 5. The Balaban J connectivity index is 0.00000420. The molecule has 0 fully saturated rings. The van der Waals surface area contributed by atoms with Gasteiger partial charge in [-0.25, -0.2) is 5.43 Å². The third-order valence-electron chi connectivity index (χ3n) is 3.47. The van der Waals surface area contributed by atoms with E-state index in [1.807, 2.05) is 48.5 Å². The van der Waals surface area contributed by atoms with Gasteiger partial charge in [0.25, 0.3) is 0 Å². The number of nitrogens with two attached hydrogens (primary N) is 1. The number of benzene rings is 2. The maximum atomic E-state index is 5.73. The lowest BCUT2D eigenvalue weighted by Gasteiger charge is -2.04. The number of ether oxygens (including phenoxy) is 2. The van der Waals surface area contributed by atoms with E-state index in [0.29, 0.717) is 13.2 Å². The highest BCUT2D eigenvalue weighted by atomic mass is 35.5. The van der Waals surface area contributed by atoms with Crippen molar-refractivity contribution < 1.29 is 9.47 Å². The van der Waals surface area contributed by atoms with Gasteiger partial charge in [-0.3, -0.25) is 0 Å². The van der Waals surface area contributed by atoms with Crippen molar-refractivity contribution in [3.05, 3.63) is 59.7 Å². The molecule has 0 aromatic heterocycles. The molecule has 2 rings (SSSR count). The zero-order valence-electron chi connectivity index (χ0n) is 16.7. The van der Waals surface area contributed by atoms with Crippen LogP contribution in [0.3, 0.4) is 0 Å². The van der Waals surface area contributed by atoms with E-state index in [-0.39, 0.29) is 18.4 Å². The fourth-order valence-electron chi connectivity index (χ4n) is 2.09. The van der Waals surface area contributed by atoms with Gasteiger partial charge < -0.3 is 15.2 Å². The molecule has 0 unspecified atom stereocenters. The second-order valence-electron chi connectivity index (χ2n) is 5.93. The molecule has 0 heterocycles. The van der Waals surface area contributed by atoms with Crippen molar-refractivity contribution >= 4 is 30.8 Å². The lowest BCUT2D eigenvalue weighted by molar-refractivity contribution is 0.317. The highest BCUT2D eigenvalue weighted by molar-refractivity contribution is 5.85. The van der Waals surface area contributed by atoms with Crippen molar-refractivity contribution in [3.63, 3.8) is 0 Å². The molecule has 3 N–H and O–H groups in total. The second kappa shape index (κ2) is 14.0. The van der Waals surface area contributed by atoms with Crippen LogP contribution in [0.15, 0.2) is 63.8 Å². The molecule has 0 amide bonds. The SMILES string of the molecule is CCCOc1ccc(C=NN=C(N)NN=Cc2ccc(OCCC)cc2)cc1.Cl. The van der Waals surface area contributed by atoms with E-state index in [2.05, 4.69) is 34.6 Å². The van der Waals surface area contributed by atoms with Crippen LogP contribution in [0.25, 0.3) is 0 Å². The van der Waals surface area contributed by atoms with Crippen LogP contribution in [0.1, 0.15) is 37.8 Å². The van der Waals surface area contributed by atoms with Crippen LogP contribution in [-0.4, -0.2) is 31.6 Å². The Kier molecular flexibility index (Phi) is 11.6. The highest BCUT2D eigenvalue weighted by Gasteiger charge is 1.94. The average molecular weight is 418 g/mol. The fourth-order valence-corrected chi connectivity index (χ4v) is 2.09. The van der Waals surface area contributed by atoms with Gasteiger partial charge in [-0.2, -0.15) is 10.2 Å². The van der Waals surface area contributed by atoms with Gasteiger partial charge in [0, 0.05) is 0 Å². The van der Waals surface area contributed by atoms with Gasteiger partial charge in [-0.15, -0.1) is 17.5 Å². The molecule has 0 saturated heterocycles. The van der Waals surface area contributed by atoms with Gasteiger partial charge in [0.1, 0.15) is 11.5 Å². The Bertz CT molecular complexity index is 790. The van der Waals surface area contributed by atoms with Crippen LogP contribution in [-0.2, 0) is 0 Å². The topological polar surface area (TPSA) is 93.6 Å². The molecule has 29 heavy (non-hydrogen) atoms. The molecule has 2 aromatic rings. The average Bonchev–Trinajstić information content (AvgIpc) is 2.72. The van der Waals surface area contributed by atoms with Crippen LogP contribution in [0, 0.1) is 0 Å². The number of nitrogens with zero attached hydrogens (tertiary/aromatic N) is 3. The van der Waals surface area contributed by atoms with Crippen molar-refractivity contribution in [3.8, 4) is 11.5 Å². The monoisotopic (exact) mass is 417 g/mol. The summed E-state index contributed by atoms with van der Waals surface area (Å²) in [4.78, 5) is 0. The molecule has 2 aromatic carbocycles. The molecule has 0 spiro atoms. The van der Waals surface area contributed by atoms with Gasteiger partial charge in [0.2, 0.25) is 5.96 Å². The first-order valence-corrected chi connectivity index (χ1v) is 9.32. The first-order chi connectivity index (χ1) is 13.7. The zero-order valence-corrected chi connectivity index (χ0v) is 17.6. The van der Waals surface area contributed by atoms with E-state index in [0.717, 1.165) is 35.5 Å². The Morgan fingerprint density at radius 1 is 0.862 bits per heavy atom. The van der Waals surface area contributed by atoms with Crippen molar-refractivity contribution in [1.82, 2.24) is 5.43 Å². The number of rotatable bonds is 10. The van der Waals surface area contributed by atoms with E-state index >= 15 is 0 Å². The third-order valence-corrected chi connectivity index (χ3v) is 3.47. The minimum Gasteiger partial charge on any atom is -0.494 e. The molecule has 0 radical (unpaired) electrons. The summed E-state index contributed by atoms with van der Waals surface area (Å²) < 4.78 is 11.1. The van der Waals surface area contributed by atoms with Crippen LogP contribution in [0.5, 0.6) is 11.5 Å². The molecule has 0 atom stereocenters. The lowest BCUT2D eigenvalue weighted by Crippen LogP contribution is -2.26. The van der Waals surface area contributed by atoms with E-state index in [1.54, 1.807) is 12.4 Å². The van der Waals surface area contributed by atoms with Crippen molar-refractivity contribution in [1.29, 1.82) is 0 Å². The molecule has 0 saturated carbocycles. The Hall–Kier alpha value is -3.06. The first kappa shape index (κ1) is 24.0. The van der Waals surface area contributed by atoms with E-state index in [1.165, 1.54) is 0 Å². The van der Waals surface area contributed by atoms with Crippen LogP contribution >= 0.6 is 12.4 Å². The zero-order chi connectivity index (χ0) is 20.0. The molecule has 0 aliphatic heterocycles. The smallest absolute Gasteiger partial charge is 0.234 e. The molecule has 0 aliphatic rings. The summed E-state index contributed by atoms with van der Waals surface area (Å²) >= 11 is 0. The summed E-state index contributed by atoms with van der Waals surface area (Å²) in [6.07, 6.45) is 5.21. The largest absolute Gasteiger partial charge is 0.494 e. The van der Waals surface area contributed by atoms with Crippen LogP contribution in [0.4, 0.5) is 0 Å². The lowest BCUT2D eigenvalue weighted by atomic mass is 10.2. The maximum Gasteiger partial charge on any atom is 0.234 e. The number of hydrogen-bond donors (Lipinski definition) is 2. The molecule has 156 valence electrons. The van der Waals surface area contributed by atoms with Gasteiger partial charge >= 0.3 is 0 Å². The quantitative estimate of drug-likeness (QED) is 0.347. The van der Waals surface area contributed by atoms with E-state index in [4.69, 9.17) is 15.2 Å². The first-order valence-electron chi connectivity index (χ1n) is 9.32. The summed E-state index contributed by atoms with van der Waals surface area (Å²) in [7, 11) is 0. The highest BCUT2D eigenvalue weighted by Crippen LogP contribution is 2.12. The number of halogens is 1. The standard InChI is InChI=1S/C21H27N5O2.ClH/c1-3-13-27-19-9-5-17(6-10-19)15-23-25-21(22)26-24-16-18-7-11-20(12-8-18)28-14-4-2;/h5-12,15-16H,3-4,13-14H2,1-2H3,(H3,22,25,26);1H. The van der Waals surface area contributed by atoms with Crippen LogP contribution < -0.4 is 20.6 Å². The number of nitrogens with one attached hydrogen (secondary N) is 1. The van der Waals surface area contributed by atoms with Crippen LogP contribution in [0.2, 0.25) is 0 Å². The fraction of sp³-hybridized carbons (Fsp3) is 0.286. The predicted molar refractivity (Wildman–Crippen MR) is 122 cm³/mol. The molecule has 0 aliphatic carbocycles. The molecule has 0 bridgehead atoms. The predicted octanol–water partition coefficient (Wildman–Crippen LogP) is 3.96. The van der Waals surface area contributed by atoms with Gasteiger partial charge in [0.05, 0.1) is 25.6 Å². The van der Waals surface area contributed by atoms with Crippen molar-refractivity contribution in [2.75, 3.05) is 13.2 Å². The Morgan fingerprint density at radius 3 is 1.83 bits per heavy atom. The summed E-state index contributed by atoms with van der Waals surface area (Å²) in [5, 5.41) is 11.8. The summed E-state index contributed by atoms with van der Waals surface area (Å²) in [5.74, 6) is 1.77. The number of hydrazone groups is 1. The van der Waals surface area contributed by atoms with E-state index in [9.17, 15) is 0 Å². The summed E-state index contributed by atoms with van der Waals surface area (Å²) in [6.45, 7) is 5.55. The van der Waals surface area contributed by atoms with Gasteiger partial charge in [-0.05, 0) is 72.5 Å². The van der Waals surface area contributed by atoms with Crippen molar-refractivity contribution in [2.24, 2.45) is 21.0 Å². The summed E-state index contributed by atoms with van der Waals surface area (Å²) in [5.41, 5.74) is 10.2.